The molecule has 0 N–H and O–H groups in total. The number of hydrogen-bond acceptors (Lipinski definition) is 1. The van der Waals surface area contributed by atoms with Crippen molar-refractivity contribution in [3.63, 3.8) is 0 Å². The van der Waals surface area contributed by atoms with Crippen LogP contribution >= 0.6 is 15.9 Å². The van der Waals surface area contributed by atoms with Crippen LogP contribution in [0.1, 0.15) is 6.42 Å². The van der Waals surface area contributed by atoms with Gasteiger partial charge in [-0.3, -0.25) is 0 Å². The van der Waals surface area contributed by atoms with Crippen molar-refractivity contribution in [1.29, 1.82) is 5.26 Å². The van der Waals surface area contributed by atoms with Crippen molar-refractivity contribution in [2.24, 2.45) is 0 Å². The minimum absolute atomic E-state index is 0.0828. The summed E-state index contributed by atoms with van der Waals surface area (Å²) in [4.78, 5) is 0. The lowest BCUT2D eigenvalue weighted by Crippen LogP contribution is -1.76. The molecule has 0 atom stereocenters. The molecular weight excluding hydrogens is 209 g/mol. The van der Waals surface area contributed by atoms with E-state index in [1.54, 1.807) is 12.1 Å². The van der Waals surface area contributed by atoms with Crippen LogP contribution in [0.5, 0.6) is 0 Å². The van der Waals surface area contributed by atoms with Gasteiger partial charge >= 0.3 is 0 Å². The van der Waals surface area contributed by atoms with Crippen LogP contribution in [0.2, 0.25) is 0 Å². The van der Waals surface area contributed by atoms with Gasteiger partial charge in [0.05, 0.1) is 5.57 Å². The van der Waals surface area contributed by atoms with Crippen LogP contribution in [-0.2, 0) is 0 Å². The SMILES string of the molecule is N#CC1=CC=C(Br)CC=C1F. The highest BCUT2D eigenvalue weighted by atomic mass is 79.9. The molecule has 0 bridgehead atoms. The summed E-state index contributed by atoms with van der Waals surface area (Å²) in [6.45, 7) is 0. The van der Waals surface area contributed by atoms with Crippen molar-refractivity contribution in [2.45, 2.75) is 6.42 Å². The molecule has 0 radical (unpaired) electrons. The molecule has 1 aliphatic rings. The molecular formula is C8H5BrFN. The lowest BCUT2D eigenvalue weighted by Gasteiger charge is -1.88. The van der Waals surface area contributed by atoms with E-state index in [4.69, 9.17) is 5.26 Å². The number of rotatable bonds is 0. The number of hydrogen-bond donors (Lipinski definition) is 0. The minimum Gasteiger partial charge on any atom is -0.206 e. The fourth-order valence-corrected chi connectivity index (χ4v) is 1.00. The van der Waals surface area contributed by atoms with Gasteiger partial charge in [-0.25, -0.2) is 4.39 Å². The molecule has 56 valence electrons. The fourth-order valence-electron chi connectivity index (χ4n) is 0.709. The molecule has 0 aromatic carbocycles. The Hall–Kier alpha value is -0.880. The average molecular weight is 214 g/mol. The summed E-state index contributed by atoms with van der Waals surface area (Å²) in [5.74, 6) is -0.446. The van der Waals surface area contributed by atoms with Crippen molar-refractivity contribution in [3.8, 4) is 6.07 Å². The number of nitriles is 1. The first-order valence-corrected chi connectivity index (χ1v) is 3.86. The Bertz CT molecular complexity index is 294. The summed E-state index contributed by atoms with van der Waals surface area (Å²) in [5, 5.41) is 8.43. The molecule has 1 nitrogen and oxygen atoms in total. The van der Waals surface area contributed by atoms with Crippen LogP contribution < -0.4 is 0 Å². The van der Waals surface area contributed by atoms with E-state index in [-0.39, 0.29) is 5.57 Å². The molecule has 0 heterocycles. The smallest absolute Gasteiger partial charge is 0.137 e. The monoisotopic (exact) mass is 213 g/mol. The molecule has 0 aliphatic heterocycles. The van der Waals surface area contributed by atoms with E-state index in [0.717, 1.165) is 4.48 Å². The summed E-state index contributed by atoms with van der Waals surface area (Å²) in [6, 6.07) is 1.77. The molecule has 1 aliphatic carbocycles. The van der Waals surface area contributed by atoms with Gasteiger partial charge in [0.15, 0.2) is 0 Å². The Labute approximate surface area is 72.6 Å². The predicted molar refractivity (Wildman–Crippen MR) is 44.5 cm³/mol. The Morgan fingerprint density at radius 1 is 1.55 bits per heavy atom. The first-order valence-electron chi connectivity index (χ1n) is 3.06. The highest BCUT2D eigenvalue weighted by molar-refractivity contribution is 9.11. The van der Waals surface area contributed by atoms with Crippen molar-refractivity contribution < 1.29 is 4.39 Å². The zero-order chi connectivity index (χ0) is 8.27. The molecule has 3 heteroatoms. The molecule has 0 saturated heterocycles. The first-order chi connectivity index (χ1) is 5.24. The van der Waals surface area contributed by atoms with E-state index < -0.39 is 5.83 Å². The summed E-state index contributed by atoms with van der Waals surface area (Å²) in [5.41, 5.74) is 0.0828. The van der Waals surface area contributed by atoms with Gasteiger partial charge in [0, 0.05) is 6.42 Å². The molecule has 0 aromatic heterocycles. The van der Waals surface area contributed by atoms with E-state index in [1.807, 2.05) is 0 Å². The average Bonchev–Trinajstić information content (AvgIpc) is 2.15. The quantitative estimate of drug-likeness (QED) is 0.608. The van der Waals surface area contributed by atoms with Crippen molar-refractivity contribution in [3.05, 3.63) is 34.1 Å². The zero-order valence-electron chi connectivity index (χ0n) is 5.64. The lowest BCUT2D eigenvalue weighted by molar-refractivity contribution is 0.654. The minimum atomic E-state index is -0.446. The predicted octanol–water partition coefficient (Wildman–Crippen LogP) is 2.97. The Morgan fingerprint density at radius 3 is 2.91 bits per heavy atom. The van der Waals surface area contributed by atoms with Crippen LogP contribution in [0.4, 0.5) is 4.39 Å². The zero-order valence-corrected chi connectivity index (χ0v) is 7.23. The van der Waals surface area contributed by atoms with Gasteiger partial charge in [-0.2, -0.15) is 5.26 Å². The number of nitrogens with zero attached hydrogens (tertiary/aromatic N) is 1. The molecule has 1 rings (SSSR count). The van der Waals surface area contributed by atoms with Crippen LogP contribution in [-0.4, -0.2) is 0 Å². The third-order valence-electron chi connectivity index (χ3n) is 1.28. The standard InChI is InChI=1S/C8H5BrFN/c9-7-2-1-6(5-11)8(10)4-3-7/h1-2,4H,3H2. The lowest BCUT2D eigenvalue weighted by atomic mass is 10.2. The molecule has 0 aromatic rings. The first kappa shape index (κ1) is 8.22. The highest BCUT2D eigenvalue weighted by Crippen LogP contribution is 2.21. The maximum absolute atomic E-state index is 12.8. The summed E-state index contributed by atoms with van der Waals surface area (Å²) in [6.07, 6.45) is 5.03. The van der Waals surface area contributed by atoms with E-state index in [1.165, 1.54) is 12.2 Å². The summed E-state index contributed by atoms with van der Waals surface area (Å²) < 4.78 is 13.7. The Morgan fingerprint density at radius 2 is 2.27 bits per heavy atom. The van der Waals surface area contributed by atoms with E-state index in [2.05, 4.69) is 15.9 Å². The second kappa shape index (κ2) is 3.49. The van der Waals surface area contributed by atoms with Gasteiger partial charge in [0.1, 0.15) is 11.9 Å². The topological polar surface area (TPSA) is 23.8 Å². The maximum atomic E-state index is 12.8. The van der Waals surface area contributed by atoms with Gasteiger partial charge in [0.2, 0.25) is 0 Å². The molecule has 0 spiro atoms. The molecule has 0 unspecified atom stereocenters. The summed E-state index contributed by atoms with van der Waals surface area (Å²) >= 11 is 3.22. The number of halogens is 2. The van der Waals surface area contributed by atoms with Crippen molar-refractivity contribution >= 4 is 15.9 Å². The second-order valence-corrected chi connectivity index (χ2v) is 3.08. The van der Waals surface area contributed by atoms with Gasteiger partial charge in [-0.05, 0) is 16.6 Å². The van der Waals surface area contributed by atoms with Gasteiger partial charge < -0.3 is 0 Å². The molecule has 11 heavy (non-hydrogen) atoms. The highest BCUT2D eigenvalue weighted by Gasteiger charge is 2.04. The normalized spacial score (nSPS) is 17.4. The Balaban J connectivity index is 3.01. The Kier molecular flexibility index (Phi) is 2.61. The summed E-state index contributed by atoms with van der Waals surface area (Å²) in [7, 11) is 0. The van der Waals surface area contributed by atoms with E-state index in [0.29, 0.717) is 6.42 Å². The van der Waals surface area contributed by atoms with Crippen LogP contribution in [0, 0.1) is 11.3 Å². The fraction of sp³-hybridized carbons (Fsp3) is 0.125. The van der Waals surface area contributed by atoms with Gasteiger partial charge in [0.25, 0.3) is 0 Å². The van der Waals surface area contributed by atoms with E-state index >= 15 is 0 Å². The van der Waals surface area contributed by atoms with Crippen molar-refractivity contribution in [1.82, 2.24) is 0 Å². The van der Waals surface area contributed by atoms with Crippen molar-refractivity contribution in [2.75, 3.05) is 0 Å². The molecule has 0 fully saturated rings. The maximum Gasteiger partial charge on any atom is 0.137 e. The number of allylic oxidation sites excluding steroid dienone is 6. The van der Waals surface area contributed by atoms with Crippen LogP contribution in [0.25, 0.3) is 0 Å². The third kappa shape index (κ3) is 2.02. The third-order valence-corrected chi connectivity index (χ3v) is 1.87. The second-order valence-electron chi connectivity index (χ2n) is 2.06. The van der Waals surface area contributed by atoms with Crippen LogP contribution in [0.15, 0.2) is 34.1 Å². The van der Waals surface area contributed by atoms with Gasteiger partial charge in [-0.15, -0.1) is 0 Å². The van der Waals surface area contributed by atoms with E-state index in [9.17, 15) is 4.39 Å². The molecule has 0 saturated carbocycles. The van der Waals surface area contributed by atoms with Gasteiger partial charge in [-0.1, -0.05) is 22.0 Å². The van der Waals surface area contributed by atoms with Crippen LogP contribution in [0.3, 0.4) is 0 Å². The molecule has 0 amide bonds. The largest absolute Gasteiger partial charge is 0.206 e.